The van der Waals surface area contributed by atoms with Crippen LogP contribution in [0.3, 0.4) is 0 Å². The number of aromatic nitrogens is 4. The molecule has 0 aliphatic rings. The Labute approximate surface area is 68.0 Å². The smallest absolute Gasteiger partial charge is 0.242 e. The molecule has 6 heteroatoms. The van der Waals surface area contributed by atoms with Crippen LogP contribution in [-0.2, 0) is 0 Å². The predicted octanol–water partition coefficient (Wildman–Crippen LogP) is -0.285. The number of nitrogens with zero attached hydrogens (tertiary/aromatic N) is 4. The fraction of sp³-hybridized carbons (Fsp3) is 0.167. The molecule has 0 aliphatic heterocycles. The van der Waals surface area contributed by atoms with Crippen molar-refractivity contribution in [3.8, 4) is 5.88 Å². The minimum Gasteiger partial charge on any atom is -0.480 e. The molecule has 12 heavy (non-hydrogen) atoms. The Balaban J connectivity index is 2.66. The van der Waals surface area contributed by atoms with Gasteiger partial charge in [-0.2, -0.15) is 4.98 Å². The second-order valence-electron chi connectivity index (χ2n) is 2.19. The lowest BCUT2D eigenvalue weighted by molar-refractivity contribution is 0.387. The molecule has 0 spiro atoms. The molecular formula is C6H7N5O. The molecule has 2 heterocycles. The topological polar surface area (TPSA) is 78.3 Å². The number of methoxy groups -OCH3 is 1. The summed E-state index contributed by atoms with van der Waals surface area (Å²) in [5.41, 5.74) is 5.96. The molecule has 0 aliphatic carbocycles. The number of hydrogen-bond acceptors (Lipinski definition) is 5. The first-order valence-electron chi connectivity index (χ1n) is 3.33. The van der Waals surface area contributed by atoms with Crippen LogP contribution in [0.4, 0.5) is 5.95 Å². The molecule has 0 saturated carbocycles. The first kappa shape index (κ1) is 6.84. The average Bonchev–Trinajstić information content (AvgIpc) is 2.43. The minimum atomic E-state index is 0.204. The molecule has 2 aromatic heterocycles. The quantitative estimate of drug-likeness (QED) is 0.628. The second-order valence-corrected chi connectivity index (χ2v) is 2.19. The van der Waals surface area contributed by atoms with E-state index >= 15 is 0 Å². The molecule has 0 fully saturated rings. The fourth-order valence-corrected chi connectivity index (χ4v) is 0.892. The van der Waals surface area contributed by atoms with E-state index in [2.05, 4.69) is 15.2 Å². The molecule has 2 rings (SSSR count). The maximum absolute atomic E-state index is 5.36. The Hall–Kier alpha value is -1.85. The van der Waals surface area contributed by atoms with Crippen molar-refractivity contribution in [3.63, 3.8) is 0 Å². The summed E-state index contributed by atoms with van der Waals surface area (Å²) in [5, 5.41) is 7.77. The van der Waals surface area contributed by atoms with Crippen LogP contribution in [0.2, 0.25) is 0 Å². The highest BCUT2D eigenvalue weighted by Gasteiger charge is 2.01. The fourth-order valence-electron chi connectivity index (χ4n) is 0.892. The number of fused-ring (bicyclic) bond motifs is 1. The molecule has 0 bridgehead atoms. The summed E-state index contributed by atoms with van der Waals surface area (Å²) in [4.78, 5) is 3.90. The van der Waals surface area contributed by atoms with Crippen LogP contribution in [0.1, 0.15) is 0 Å². The van der Waals surface area contributed by atoms with Gasteiger partial charge in [0.2, 0.25) is 11.8 Å². The second kappa shape index (κ2) is 2.33. The Morgan fingerprint density at radius 3 is 3.00 bits per heavy atom. The van der Waals surface area contributed by atoms with Crippen molar-refractivity contribution >= 4 is 11.6 Å². The van der Waals surface area contributed by atoms with Gasteiger partial charge in [0, 0.05) is 6.07 Å². The highest BCUT2D eigenvalue weighted by molar-refractivity contribution is 5.40. The zero-order valence-corrected chi connectivity index (χ0v) is 6.43. The summed E-state index contributed by atoms with van der Waals surface area (Å²) >= 11 is 0. The lowest BCUT2D eigenvalue weighted by Crippen LogP contribution is -1.97. The van der Waals surface area contributed by atoms with Gasteiger partial charge < -0.3 is 10.5 Å². The van der Waals surface area contributed by atoms with E-state index in [1.54, 1.807) is 12.1 Å². The van der Waals surface area contributed by atoms with Crippen molar-refractivity contribution in [1.82, 2.24) is 19.8 Å². The Morgan fingerprint density at radius 2 is 2.25 bits per heavy atom. The molecule has 0 aromatic carbocycles. The van der Waals surface area contributed by atoms with Crippen LogP contribution in [0.5, 0.6) is 5.88 Å². The number of hydrogen-bond donors (Lipinski definition) is 1. The van der Waals surface area contributed by atoms with E-state index in [4.69, 9.17) is 10.5 Å². The molecule has 62 valence electrons. The summed E-state index contributed by atoms with van der Waals surface area (Å²) in [6, 6.07) is 3.43. The Kier molecular flexibility index (Phi) is 1.33. The highest BCUT2D eigenvalue weighted by Crippen LogP contribution is 2.06. The summed E-state index contributed by atoms with van der Waals surface area (Å²) in [7, 11) is 1.54. The van der Waals surface area contributed by atoms with Crippen LogP contribution < -0.4 is 10.5 Å². The van der Waals surface area contributed by atoms with Gasteiger partial charge >= 0.3 is 0 Å². The van der Waals surface area contributed by atoms with Crippen LogP contribution in [0, 0.1) is 0 Å². The summed E-state index contributed by atoms with van der Waals surface area (Å²) in [6.45, 7) is 0. The van der Waals surface area contributed by atoms with Gasteiger partial charge in [-0.1, -0.05) is 0 Å². The average molecular weight is 165 g/mol. The maximum Gasteiger partial charge on any atom is 0.242 e. The van der Waals surface area contributed by atoms with Crippen molar-refractivity contribution in [2.45, 2.75) is 0 Å². The monoisotopic (exact) mass is 165 g/mol. The molecule has 0 radical (unpaired) electrons. The number of rotatable bonds is 1. The van der Waals surface area contributed by atoms with Crippen molar-refractivity contribution in [2.75, 3.05) is 12.8 Å². The summed E-state index contributed by atoms with van der Waals surface area (Å²) in [6.07, 6.45) is 0. The van der Waals surface area contributed by atoms with Crippen molar-refractivity contribution in [3.05, 3.63) is 12.1 Å². The van der Waals surface area contributed by atoms with E-state index < -0.39 is 0 Å². The largest absolute Gasteiger partial charge is 0.480 e. The maximum atomic E-state index is 5.36. The van der Waals surface area contributed by atoms with E-state index in [1.165, 1.54) is 11.7 Å². The Morgan fingerprint density at radius 1 is 1.42 bits per heavy atom. The van der Waals surface area contributed by atoms with E-state index in [1.807, 2.05) is 0 Å². The van der Waals surface area contributed by atoms with E-state index in [9.17, 15) is 0 Å². The zero-order chi connectivity index (χ0) is 8.55. The Bertz CT molecular complexity index is 409. The first-order chi connectivity index (χ1) is 5.79. The van der Waals surface area contributed by atoms with Gasteiger partial charge in [-0.25, -0.2) is 0 Å². The van der Waals surface area contributed by atoms with Gasteiger partial charge in [0.25, 0.3) is 0 Å². The van der Waals surface area contributed by atoms with Crippen LogP contribution in [0.25, 0.3) is 5.65 Å². The standard InChI is InChI=1S/C6H7N5O/c1-12-5-3-2-4-8-6(7)10-11(4)9-5/h2-3H,1H3,(H2,7,10). The molecule has 0 unspecified atom stereocenters. The third-order valence-electron chi connectivity index (χ3n) is 1.41. The molecule has 0 atom stereocenters. The third-order valence-corrected chi connectivity index (χ3v) is 1.41. The normalized spacial score (nSPS) is 10.4. The van der Waals surface area contributed by atoms with Gasteiger partial charge in [0.1, 0.15) is 0 Å². The van der Waals surface area contributed by atoms with Gasteiger partial charge in [0.05, 0.1) is 7.11 Å². The lowest BCUT2D eigenvalue weighted by atomic mass is 10.5. The van der Waals surface area contributed by atoms with Crippen LogP contribution in [-0.4, -0.2) is 26.9 Å². The molecule has 2 N–H and O–H groups in total. The molecular weight excluding hydrogens is 158 g/mol. The number of anilines is 1. The van der Waals surface area contributed by atoms with Gasteiger partial charge in [0.15, 0.2) is 5.65 Å². The van der Waals surface area contributed by atoms with Crippen LogP contribution >= 0.6 is 0 Å². The van der Waals surface area contributed by atoms with Gasteiger partial charge in [-0.05, 0) is 6.07 Å². The van der Waals surface area contributed by atoms with Crippen molar-refractivity contribution in [1.29, 1.82) is 0 Å². The minimum absolute atomic E-state index is 0.204. The van der Waals surface area contributed by atoms with Gasteiger partial charge in [-0.3, -0.25) is 0 Å². The van der Waals surface area contributed by atoms with E-state index in [0.717, 1.165) is 0 Å². The summed E-state index contributed by atoms with van der Waals surface area (Å²) < 4.78 is 6.22. The predicted molar refractivity (Wildman–Crippen MR) is 41.7 cm³/mol. The third kappa shape index (κ3) is 0.931. The first-order valence-corrected chi connectivity index (χ1v) is 3.33. The number of ether oxygens (including phenoxy) is 1. The van der Waals surface area contributed by atoms with Crippen molar-refractivity contribution in [2.24, 2.45) is 0 Å². The van der Waals surface area contributed by atoms with E-state index in [0.29, 0.717) is 11.5 Å². The summed E-state index contributed by atoms with van der Waals surface area (Å²) in [5.74, 6) is 0.683. The van der Waals surface area contributed by atoms with Crippen molar-refractivity contribution < 1.29 is 4.74 Å². The molecule has 0 amide bonds. The van der Waals surface area contributed by atoms with Crippen LogP contribution in [0.15, 0.2) is 12.1 Å². The van der Waals surface area contributed by atoms with E-state index in [-0.39, 0.29) is 5.95 Å². The highest BCUT2D eigenvalue weighted by atomic mass is 16.5. The number of nitrogens with two attached hydrogens (primary N) is 1. The molecule has 6 nitrogen and oxygen atoms in total. The molecule has 0 saturated heterocycles. The zero-order valence-electron chi connectivity index (χ0n) is 6.43. The van der Waals surface area contributed by atoms with Gasteiger partial charge in [-0.15, -0.1) is 14.8 Å². The number of nitrogen functional groups attached to an aromatic ring is 1. The lowest BCUT2D eigenvalue weighted by Gasteiger charge is -1.95. The SMILES string of the molecule is COc1ccc2nc(N)nn2n1. The molecule has 2 aromatic rings.